The van der Waals surface area contributed by atoms with Gasteiger partial charge in [0.1, 0.15) is 10.6 Å². The summed E-state index contributed by atoms with van der Waals surface area (Å²) in [6.45, 7) is 5.49. The molecule has 0 bridgehead atoms. The largest absolute Gasteiger partial charge is 0.301 e. The topological polar surface area (TPSA) is 55.2 Å². The average Bonchev–Trinajstić information content (AvgIpc) is 3.02. The SMILES string of the molecule is CC(=O)CCCSc1nc2sc3c(c2c(=O)n1-c1cccc(C)c1)CCN(C)C3. The molecular weight excluding hydrogens is 402 g/mol. The third kappa shape index (κ3) is 4.17. The fraction of sp³-hybridized carbons (Fsp3) is 0.409. The molecule has 3 aromatic rings. The lowest BCUT2D eigenvalue weighted by atomic mass is 10.1. The van der Waals surface area contributed by atoms with Gasteiger partial charge in [0.2, 0.25) is 0 Å². The van der Waals surface area contributed by atoms with Crippen molar-refractivity contribution in [1.29, 1.82) is 0 Å². The molecule has 1 aliphatic heterocycles. The average molecular weight is 428 g/mol. The van der Waals surface area contributed by atoms with Gasteiger partial charge in [0.05, 0.1) is 11.1 Å². The zero-order valence-electron chi connectivity index (χ0n) is 17.0. The Hall–Kier alpha value is -1.96. The summed E-state index contributed by atoms with van der Waals surface area (Å²) in [4.78, 5) is 34.2. The lowest BCUT2D eigenvalue weighted by Crippen LogP contribution is -2.27. The summed E-state index contributed by atoms with van der Waals surface area (Å²) < 4.78 is 1.76. The van der Waals surface area contributed by atoms with Crippen molar-refractivity contribution in [2.75, 3.05) is 19.3 Å². The molecule has 3 heterocycles. The van der Waals surface area contributed by atoms with Gasteiger partial charge < -0.3 is 9.69 Å². The van der Waals surface area contributed by atoms with Crippen molar-refractivity contribution in [3.05, 3.63) is 50.6 Å². The molecule has 1 aliphatic rings. The van der Waals surface area contributed by atoms with E-state index in [2.05, 4.69) is 11.9 Å². The van der Waals surface area contributed by atoms with E-state index in [1.807, 2.05) is 31.2 Å². The van der Waals surface area contributed by atoms with Crippen LogP contribution in [0.4, 0.5) is 0 Å². The molecule has 0 unspecified atom stereocenters. The van der Waals surface area contributed by atoms with Crippen molar-refractivity contribution in [1.82, 2.24) is 14.5 Å². The zero-order valence-corrected chi connectivity index (χ0v) is 18.7. The van der Waals surface area contributed by atoms with Crippen molar-refractivity contribution >= 4 is 39.1 Å². The van der Waals surface area contributed by atoms with Crippen molar-refractivity contribution in [3.63, 3.8) is 0 Å². The van der Waals surface area contributed by atoms with Crippen LogP contribution in [0.3, 0.4) is 0 Å². The van der Waals surface area contributed by atoms with E-state index < -0.39 is 0 Å². The van der Waals surface area contributed by atoms with Gasteiger partial charge in [-0.1, -0.05) is 23.9 Å². The highest BCUT2D eigenvalue weighted by molar-refractivity contribution is 7.99. The fourth-order valence-electron chi connectivity index (χ4n) is 3.73. The molecule has 0 spiro atoms. The van der Waals surface area contributed by atoms with Crippen LogP contribution in [0.5, 0.6) is 0 Å². The molecule has 2 aromatic heterocycles. The number of thioether (sulfide) groups is 1. The van der Waals surface area contributed by atoms with Gasteiger partial charge in [0.25, 0.3) is 5.56 Å². The van der Waals surface area contributed by atoms with Crippen LogP contribution in [0, 0.1) is 6.92 Å². The number of benzene rings is 1. The Morgan fingerprint density at radius 3 is 2.93 bits per heavy atom. The number of hydrogen-bond acceptors (Lipinski definition) is 6. The molecule has 1 aromatic carbocycles. The monoisotopic (exact) mass is 427 g/mol. The van der Waals surface area contributed by atoms with E-state index in [4.69, 9.17) is 4.98 Å². The Morgan fingerprint density at radius 1 is 1.34 bits per heavy atom. The summed E-state index contributed by atoms with van der Waals surface area (Å²) in [5.41, 5.74) is 3.16. The smallest absolute Gasteiger partial charge is 0.267 e. The summed E-state index contributed by atoms with van der Waals surface area (Å²) in [5.74, 6) is 0.956. The van der Waals surface area contributed by atoms with Crippen LogP contribution >= 0.6 is 23.1 Å². The molecule has 29 heavy (non-hydrogen) atoms. The summed E-state index contributed by atoms with van der Waals surface area (Å²) in [5, 5.41) is 1.50. The zero-order chi connectivity index (χ0) is 20.5. The van der Waals surface area contributed by atoms with Gasteiger partial charge in [-0.25, -0.2) is 4.98 Å². The number of Topliss-reactive ketones (excluding diaryl/α,β-unsaturated/α-hetero) is 1. The highest BCUT2D eigenvalue weighted by Gasteiger charge is 2.24. The van der Waals surface area contributed by atoms with Crippen LogP contribution in [-0.4, -0.2) is 39.6 Å². The number of aromatic nitrogens is 2. The summed E-state index contributed by atoms with van der Waals surface area (Å²) in [6, 6.07) is 8.00. The second kappa shape index (κ2) is 8.42. The van der Waals surface area contributed by atoms with Gasteiger partial charge in [-0.2, -0.15) is 0 Å². The minimum atomic E-state index is 0.0247. The normalized spacial score (nSPS) is 14.3. The van der Waals surface area contributed by atoms with Crippen LogP contribution in [0.25, 0.3) is 15.9 Å². The van der Waals surface area contributed by atoms with E-state index in [1.54, 1.807) is 34.6 Å². The van der Waals surface area contributed by atoms with Crippen molar-refractivity contribution < 1.29 is 4.79 Å². The van der Waals surface area contributed by atoms with E-state index in [1.165, 1.54) is 10.4 Å². The van der Waals surface area contributed by atoms with E-state index in [0.29, 0.717) is 11.6 Å². The number of carbonyl (C=O) groups is 1. The highest BCUT2D eigenvalue weighted by Crippen LogP contribution is 2.34. The molecule has 0 fully saturated rings. The molecule has 0 N–H and O–H groups in total. The van der Waals surface area contributed by atoms with Crippen LogP contribution in [0.2, 0.25) is 0 Å². The molecule has 0 atom stereocenters. The van der Waals surface area contributed by atoms with Gasteiger partial charge >= 0.3 is 0 Å². The van der Waals surface area contributed by atoms with Crippen LogP contribution in [-0.2, 0) is 17.8 Å². The van der Waals surface area contributed by atoms with Crippen LogP contribution in [0.1, 0.15) is 35.8 Å². The fourth-order valence-corrected chi connectivity index (χ4v) is 6.02. The van der Waals surface area contributed by atoms with Gasteiger partial charge in [0.15, 0.2) is 5.16 Å². The number of hydrogen-bond donors (Lipinski definition) is 0. The van der Waals surface area contributed by atoms with Gasteiger partial charge in [-0.05, 0) is 57.0 Å². The van der Waals surface area contributed by atoms with E-state index in [-0.39, 0.29) is 11.3 Å². The molecule has 0 radical (unpaired) electrons. The summed E-state index contributed by atoms with van der Waals surface area (Å²) >= 11 is 3.21. The maximum atomic E-state index is 13.7. The number of carbonyl (C=O) groups excluding carboxylic acids is 1. The minimum absolute atomic E-state index is 0.0247. The minimum Gasteiger partial charge on any atom is -0.301 e. The first-order chi connectivity index (χ1) is 13.9. The Labute approximate surface area is 178 Å². The van der Waals surface area contributed by atoms with Crippen molar-refractivity contribution in [2.45, 2.75) is 44.8 Å². The highest BCUT2D eigenvalue weighted by atomic mass is 32.2. The molecule has 5 nitrogen and oxygen atoms in total. The number of rotatable bonds is 6. The van der Waals surface area contributed by atoms with Gasteiger partial charge in [0, 0.05) is 30.1 Å². The number of nitrogens with zero attached hydrogens (tertiary/aromatic N) is 3. The first kappa shape index (κ1) is 20.3. The van der Waals surface area contributed by atoms with Gasteiger partial charge in [-0.3, -0.25) is 9.36 Å². The Morgan fingerprint density at radius 2 is 2.17 bits per heavy atom. The Bertz CT molecular complexity index is 1130. The predicted octanol–water partition coefficient (Wildman–Crippen LogP) is 4.20. The predicted molar refractivity (Wildman–Crippen MR) is 121 cm³/mol. The first-order valence-electron chi connectivity index (χ1n) is 9.89. The lowest BCUT2D eigenvalue weighted by Gasteiger charge is -2.21. The number of ketones is 1. The summed E-state index contributed by atoms with van der Waals surface area (Å²) in [6.07, 6.45) is 2.23. The third-order valence-electron chi connectivity index (χ3n) is 5.20. The molecule has 0 aliphatic carbocycles. The summed E-state index contributed by atoms with van der Waals surface area (Å²) in [7, 11) is 2.11. The standard InChI is InChI=1S/C22H25N3O2S2/c1-14-6-4-8-16(12-14)25-21(27)19-17-9-10-24(3)13-18(17)29-20(19)23-22(25)28-11-5-7-15(2)26/h4,6,8,12H,5,7,9-11,13H2,1-3H3. The van der Waals surface area contributed by atoms with E-state index >= 15 is 0 Å². The molecular formula is C22H25N3O2S2. The van der Waals surface area contributed by atoms with Crippen LogP contribution in [0.15, 0.2) is 34.2 Å². The molecule has 7 heteroatoms. The van der Waals surface area contributed by atoms with Crippen LogP contribution < -0.4 is 5.56 Å². The lowest BCUT2D eigenvalue weighted by molar-refractivity contribution is -0.117. The second-order valence-electron chi connectivity index (χ2n) is 7.70. The van der Waals surface area contributed by atoms with E-state index in [9.17, 15) is 9.59 Å². The first-order valence-corrected chi connectivity index (χ1v) is 11.7. The number of thiophene rings is 1. The van der Waals surface area contributed by atoms with Gasteiger partial charge in [-0.15, -0.1) is 11.3 Å². The Kier molecular flexibility index (Phi) is 5.90. The maximum Gasteiger partial charge on any atom is 0.267 e. The van der Waals surface area contributed by atoms with E-state index in [0.717, 1.165) is 53.2 Å². The molecule has 0 saturated carbocycles. The van der Waals surface area contributed by atoms with Crippen molar-refractivity contribution in [2.24, 2.45) is 0 Å². The molecule has 0 saturated heterocycles. The maximum absolute atomic E-state index is 13.7. The van der Waals surface area contributed by atoms with Crippen molar-refractivity contribution in [3.8, 4) is 5.69 Å². The molecule has 0 amide bonds. The molecule has 4 rings (SSSR count). The number of fused-ring (bicyclic) bond motifs is 3. The third-order valence-corrected chi connectivity index (χ3v) is 7.33. The quantitative estimate of drug-likeness (QED) is 0.335. The second-order valence-corrected chi connectivity index (χ2v) is 9.85. The number of likely N-dealkylation sites (N-methyl/N-ethyl adjacent to an activating group) is 1. The number of aryl methyl sites for hydroxylation is 1. The Balaban J connectivity index is 1.84. The molecule has 152 valence electrons.